The summed E-state index contributed by atoms with van der Waals surface area (Å²) in [4.78, 5) is 15.1. The number of nitrogens with one attached hydrogen (secondary N) is 2. The quantitative estimate of drug-likeness (QED) is 0.342. The lowest BCUT2D eigenvalue weighted by atomic mass is 9.74. The van der Waals surface area contributed by atoms with Gasteiger partial charge in [0, 0.05) is 50.9 Å². The van der Waals surface area contributed by atoms with Gasteiger partial charge in [-0.1, -0.05) is 49.4 Å². The van der Waals surface area contributed by atoms with E-state index in [4.69, 9.17) is 16.3 Å². The lowest BCUT2D eigenvalue weighted by Crippen LogP contribution is -2.54. The molecule has 1 aliphatic carbocycles. The van der Waals surface area contributed by atoms with Crippen LogP contribution in [-0.2, 0) is 10.3 Å². The summed E-state index contributed by atoms with van der Waals surface area (Å²) in [6.45, 7) is 2.39. The molecule has 8 heteroatoms. The molecular weight excluding hydrogens is 469 g/mol. The van der Waals surface area contributed by atoms with Gasteiger partial charge in [-0.15, -0.1) is 0 Å². The number of halogens is 2. The number of carbonyl (C=O) groups is 1. The van der Waals surface area contributed by atoms with Gasteiger partial charge in [0.15, 0.2) is 0 Å². The molecule has 1 aromatic rings. The van der Waals surface area contributed by atoms with E-state index in [1.54, 1.807) is 19.2 Å². The number of likely N-dealkylation sites (tertiary alicyclic amines) is 1. The van der Waals surface area contributed by atoms with Gasteiger partial charge in [-0.3, -0.25) is 0 Å². The fourth-order valence-electron chi connectivity index (χ4n) is 5.94. The molecule has 0 radical (unpaired) electrons. The summed E-state index contributed by atoms with van der Waals surface area (Å²) in [5, 5.41) is 18.4. The molecule has 1 aliphatic heterocycles. The summed E-state index contributed by atoms with van der Waals surface area (Å²) in [7, 11) is 3.57. The van der Waals surface area contributed by atoms with Crippen LogP contribution in [0.1, 0.15) is 69.8 Å². The van der Waals surface area contributed by atoms with Crippen LogP contribution >= 0.6 is 11.6 Å². The summed E-state index contributed by atoms with van der Waals surface area (Å²) in [6, 6.07) is 4.62. The van der Waals surface area contributed by atoms with Crippen molar-refractivity contribution in [1.82, 2.24) is 15.5 Å². The molecule has 2 fully saturated rings. The fraction of sp³-hybridized carbons (Fsp3) is 0.741. The lowest BCUT2D eigenvalue weighted by Gasteiger charge is -2.43. The van der Waals surface area contributed by atoms with Crippen molar-refractivity contribution in [2.45, 2.75) is 75.9 Å². The molecule has 1 saturated heterocycles. The number of carbonyl (C=O) groups excluding carboxylic acids is 1. The van der Waals surface area contributed by atoms with Crippen LogP contribution in [0.4, 0.5) is 9.18 Å². The van der Waals surface area contributed by atoms with Gasteiger partial charge in [0.1, 0.15) is 5.82 Å². The van der Waals surface area contributed by atoms with Gasteiger partial charge < -0.3 is 25.4 Å². The Morgan fingerprint density at radius 2 is 2.06 bits per heavy atom. The first-order chi connectivity index (χ1) is 16.9. The van der Waals surface area contributed by atoms with Crippen LogP contribution in [0.15, 0.2) is 18.2 Å². The van der Waals surface area contributed by atoms with Crippen LogP contribution < -0.4 is 10.6 Å². The van der Waals surface area contributed by atoms with Crippen molar-refractivity contribution in [2.75, 3.05) is 40.4 Å². The largest absolute Gasteiger partial charge is 0.385 e. The summed E-state index contributed by atoms with van der Waals surface area (Å²) in [6.07, 6.45) is 9.51. The first-order valence-electron chi connectivity index (χ1n) is 13.2. The van der Waals surface area contributed by atoms with E-state index in [0.29, 0.717) is 44.0 Å². The predicted molar refractivity (Wildman–Crippen MR) is 138 cm³/mol. The highest BCUT2D eigenvalue weighted by atomic mass is 35.5. The zero-order valence-electron chi connectivity index (χ0n) is 21.3. The topological polar surface area (TPSA) is 73.8 Å². The number of aliphatic hydroxyl groups is 1. The van der Waals surface area contributed by atoms with E-state index < -0.39 is 11.4 Å². The van der Waals surface area contributed by atoms with Gasteiger partial charge >= 0.3 is 6.03 Å². The second-order valence-electron chi connectivity index (χ2n) is 10.4. The normalized spacial score (nSPS) is 21.6. The molecule has 0 unspecified atom stereocenters. The van der Waals surface area contributed by atoms with E-state index in [1.807, 2.05) is 11.9 Å². The summed E-state index contributed by atoms with van der Waals surface area (Å²) in [5.41, 5.74) is -0.904. The van der Waals surface area contributed by atoms with E-state index in [0.717, 1.165) is 32.2 Å². The minimum atomic E-state index is -1.32. The number of benzene rings is 1. The van der Waals surface area contributed by atoms with Crippen molar-refractivity contribution in [3.8, 4) is 0 Å². The first kappa shape index (κ1) is 28.2. The molecule has 2 aliphatic rings. The van der Waals surface area contributed by atoms with Gasteiger partial charge in [-0.05, 0) is 57.6 Å². The Hall–Kier alpha value is -1.41. The molecule has 6 nitrogen and oxygen atoms in total. The SMILES string of the molecule is CNC[C@H](CC1CCCC1)NC(=O)N1CCC[C@@H]([C@@](O)(CCCCOC)c2cccc(F)c2Cl)C1. The molecule has 1 heterocycles. The Labute approximate surface area is 214 Å². The van der Waals surface area contributed by atoms with E-state index in [-0.39, 0.29) is 23.0 Å². The molecule has 3 N–H and O–H groups in total. The molecular formula is C27H43ClFN3O3. The molecule has 1 saturated carbocycles. The molecule has 2 amide bonds. The van der Waals surface area contributed by atoms with Crippen LogP contribution in [-0.4, -0.2) is 62.5 Å². The van der Waals surface area contributed by atoms with Crippen LogP contribution in [0, 0.1) is 17.7 Å². The van der Waals surface area contributed by atoms with Gasteiger partial charge in [-0.25, -0.2) is 9.18 Å². The Kier molecular flexibility index (Phi) is 11.1. The van der Waals surface area contributed by atoms with E-state index in [9.17, 15) is 14.3 Å². The highest BCUT2D eigenvalue weighted by Crippen LogP contribution is 2.43. The average molecular weight is 512 g/mol. The minimum absolute atomic E-state index is 0.0334. The number of amides is 2. The second-order valence-corrected chi connectivity index (χ2v) is 10.7. The maximum absolute atomic E-state index is 14.4. The molecule has 0 spiro atoms. The molecule has 1 aromatic carbocycles. The third-order valence-electron chi connectivity index (χ3n) is 7.83. The van der Waals surface area contributed by atoms with Crippen LogP contribution in [0.2, 0.25) is 5.02 Å². The number of methoxy groups -OCH3 is 1. The van der Waals surface area contributed by atoms with Gasteiger partial charge in [0.05, 0.1) is 10.6 Å². The Balaban J connectivity index is 1.73. The van der Waals surface area contributed by atoms with Crippen molar-refractivity contribution in [1.29, 1.82) is 0 Å². The van der Waals surface area contributed by atoms with Gasteiger partial charge in [-0.2, -0.15) is 0 Å². The Bertz CT molecular complexity index is 808. The standard InChI is InChI=1S/C27H43ClFN3O3/c1-30-18-22(17-20-9-3-4-10-20)31-26(33)32-15-8-11-21(19-32)27(34,14-5-6-16-35-2)23-12-7-13-24(29)25(23)28/h7,12-13,20-22,30,34H,3-6,8-11,14-19H2,1-2H3,(H,31,33)/t21-,22+,27+/m1/s1. The van der Waals surface area contributed by atoms with Crippen molar-refractivity contribution in [3.63, 3.8) is 0 Å². The predicted octanol–water partition coefficient (Wildman–Crippen LogP) is 5.07. The smallest absolute Gasteiger partial charge is 0.317 e. The third-order valence-corrected chi connectivity index (χ3v) is 8.21. The number of urea groups is 1. The van der Waals surface area contributed by atoms with Gasteiger partial charge in [0.25, 0.3) is 0 Å². The zero-order chi connectivity index (χ0) is 25.3. The van der Waals surface area contributed by atoms with Crippen LogP contribution in [0.3, 0.4) is 0 Å². The number of nitrogens with zero attached hydrogens (tertiary/aromatic N) is 1. The van der Waals surface area contributed by atoms with E-state index >= 15 is 0 Å². The molecule has 0 aromatic heterocycles. The number of hydrogen-bond donors (Lipinski definition) is 3. The highest BCUT2D eigenvalue weighted by Gasteiger charge is 2.43. The summed E-state index contributed by atoms with van der Waals surface area (Å²) >= 11 is 6.36. The fourth-order valence-corrected chi connectivity index (χ4v) is 6.23. The maximum Gasteiger partial charge on any atom is 0.317 e. The number of hydrogen-bond acceptors (Lipinski definition) is 4. The Morgan fingerprint density at radius 1 is 1.29 bits per heavy atom. The number of likely N-dealkylation sites (N-methyl/N-ethyl adjacent to an activating group) is 1. The number of rotatable bonds is 12. The van der Waals surface area contributed by atoms with Crippen molar-refractivity contribution >= 4 is 17.6 Å². The van der Waals surface area contributed by atoms with E-state index in [2.05, 4.69) is 10.6 Å². The van der Waals surface area contributed by atoms with Crippen LogP contribution in [0.5, 0.6) is 0 Å². The van der Waals surface area contributed by atoms with E-state index in [1.165, 1.54) is 31.7 Å². The maximum atomic E-state index is 14.4. The molecule has 3 atom stereocenters. The number of piperidine rings is 1. The second kappa shape index (κ2) is 13.8. The van der Waals surface area contributed by atoms with Crippen molar-refractivity contribution in [3.05, 3.63) is 34.6 Å². The Morgan fingerprint density at radius 3 is 2.77 bits per heavy atom. The molecule has 35 heavy (non-hydrogen) atoms. The highest BCUT2D eigenvalue weighted by molar-refractivity contribution is 6.31. The van der Waals surface area contributed by atoms with Gasteiger partial charge in [0.2, 0.25) is 0 Å². The zero-order valence-corrected chi connectivity index (χ0v) is 22.1. The van der Waals surface area contributed by atoms with Crippen molar-refractivity contribution in [2.24, 2.45) is 11.8 Å². The van der Waals surface area contributed by atoms with Crippen LogP contribution in [0.25, 0.3) is 0 Å². The molecule has 3 rings (SSSR count). The third kappa shape index (κ3) is 7.54. The number of unbranched alkanes of at least 4 members (excludes halogenated alkanes) is 1. The average Bonchev–Trinajstić information content (AvgIpc) is 3.36. The van der Waals surface area contributed by atoms with Crippen molar-refractivity contribution < 1.29 is 19.0 Å². The molecule has 198 valence electrons. The first-order valence-corrected chi connectivity index (χ1v) is 13.6. The number of ether oxygens (including phenoxy) is 1. The summed E-state index contributed by atoms with van der Waals surface area (Å²) < 4.78 is 19.5. The lowest BCUT2D eigenvalue weighted by molar-refractivity contribution is -0.0565. The monoisotopic (exact) mass is 511 g/mol. The molecule has 0 bridgehead atoms. The minimum Gasteiger partial charge on any atom is -0.385 e. The summed E-state index contributed by atoms with van der Waals surface area (Å²) in [5.74, 6) is -0.0943.